The minimum absolute atomic E-state index is 0.210. The minimum atomic E-state index is -0.784. The Kier molecular flexibility index (Phi) is 6.15. The van der Waals surface area contributed by atoms with Crippen LogP contribution in [0.15, 0.2) is 40.6 Å². The lowest BCUT2D eigenvalue weighted by Crippen LogP contribution is -2.35. The smallest absolute Gasteiger partial charge is 0.317 e. The molecule has 2 aromatic rings. The molecule has 0 saturated carbocycles. The highest BCUT2D eigenvalue weighted by molar-refractivity contribution is 8.00. The fourth-order valence-electron chi connectivity index (χ4n) is 2.80. The summed E-state index contributed by atoms with van der Waals surface area (Å²) in [5, 5.41) is 4.74. The van der Waals surface area contributed by atoms with Crippen LogP contribution in [-0.4, -0.2) is 23.7 Å². The highest BCUT2D eigenvalue weighted by Crippen LogP contribution is 2.27. The van der Waals surface area contributed by atoms with Crippen LogP contribution >= 0.6 is 23.1 Å². The lowest BCUT2D eigenvalue weighted by molar-refractivity contribution is -0.152. The fourth-order valence-corrected chi connectivity index (χ4v) is 4.18. The summed E-state index contributed by atoms with van der Waals surface area (Å²) in [6.07, 6.45) is 2.70. The first kappa shape index (κ1) is 18.0. The Labute approximate surface area is 156 Å². The minimum Gasteiger partial charge on any atom is -0.452 e. The number of amides is 1. The third-order valence-electron chi connectivity index (χ3n) is 4.12. The third kappa shape index (κ3) is 5.09. The monoisotopic (exact) mass is 375 g/mol. The molecule has 1 amide bonds. The molecule has 3 rings (SSSR count). The molecule has 1 aromatic heterocycles. The maximum Gasteiger partial charge on any atom is 0.317 e. The van der Waals surface area contributed by atoms with Crippen molar-refractivity contribution in [2.45, 2.75) is 43.7 Å². The fraction of sp³-hybridized carbons (Fsp3) is 0.368. The Morgan fingerprint density at radius 2 is 2.12 bits per heavy atom. The van der Waals surface area contributed by atoms with E-state index in [2.05, 4.69) is 23.5 Å². The molecule has 1 aliphatic rings. The van der Waals surface area contributed by atoms with Gasteiger partial charge in [-0.2, -0.15) is 0 Å². The van der Waals surface area contributed by atoms with Crippen LogP contribution in [-0.2, 0) is 33.7 Å². The molecular formula is C19H21NO3S2. The Morgan fingerprint density at radius 3 is 2.92 bits per heavy atom. The van der Waals surface area contributed by atoms with E-state index in [-0.39, 0.29) is 17.6 Å². The molecule has 1 atom stereocenters. The van der Waals surface area contributed by atoms with Gasteiger partial charge in [0.25, 0.3) is 5.91 Å². The highest BCUT2D eigenvalue weighted by atomic mass is 32.2. The van der Waals surface area contributed by atoms with E-state index in [9.17, 15) is 9.59 Å². The van der Waals surface area contributed by atoms with Crippen molar-refractivity contribution in [3.05, 3.63) is 51.7 Å². The summed E-state index contributed by atoms with van der Waals surface area (Å²) in [6, 6.07) is 10.3. The number of hydrogen-bond donors (Lipinski definition) is 1. The number of benzene rings is 1. The number of thioether (sulfide) groups is 1. The van der Waals surface area contributed by atoms with Gasteiger partial charge in [-0.05, 0) is 60.9 Å². The van der Waals surface area contributed by atoms with Gasteiger partial charge in [-0.25, -0.2) is 0 Å². The zero-order chi connectivity index (χ0) is 17.6. The van der Waals surface area contributed by atoms with Crippen LogP contribution in [0.25, 0.3) is 0 Å². The van der Waals surface area contributed by atoms with Gasteiger partial charge in [-0.1, -0.05) is 12.1 Å². The molecule has 0 saturated heterocycles. The van der Waals surface area contributed by atoms with Gasteiger partial charge in [0.1, 0.15) is 0 Å². The van der Waals surface area contributed by atoms with Crippen molar-refractivity contribution in [1.29, 1.82) is 0 Å². The van der Waals surface area contributed by atoms with Crippen molar-refractivity contribution in [1.82, 2.24) is 5.32 Å². The molecule has 132 valence electrons. The molecule has 0 aliphatic heterocycles. The molecule has 0 spiro atoms. The van der Waals surface area contributed by atoms with Crippen LogP contribution < -0.4 is 5.32 Å². The van der Waals surface area contributed by atoms with E-state index in [1.165, 1.54) is 29.3 Å². The van der Waals surface area contributed by atoms with E-state index in [0.29, 0.717) is 6.54 Å². The average molecular weight is 376 g/mol. The number of carbonyl (C=O) groups is 2. The van der Waals surface area contributed by atoms with E-state index in [1.807, 2.05) is 17.5 Å². The van der Waals surface area contributed by atoms with Crippen LogP contribution in [0.2, 0.25) is 0 Å². The van der Waals surface area contributed by atoms with Gasteiger partial charge >= 0.3 is 5.97 Å². The molecular weight excluding hydrogens is 354 g/mol. The van der Waals surface area contributed by atoms with Crippen LogP contribution in [0.3, 0.4) is 0 Å². The summed E-state index contributed by atoms with van der Waals surface area (Å²) in [4.78, 5) is 26.1. The number of aryl methyl sites for hydroxylation is 2. The normalized spacial score (nSPS) is 14.0. The first-order valence-corrected chi connectivity index (χ1v) is 10.2. The Balaban J connectivity index is 1.41. The zero-order valence-electron chi connectivity index (χ0n) is 14.1. The van der Waals surface area contributed by atoms with E-state index in [1.54, 1.807) is 18.3 Å². The van der Waals surface area contributed by atoms with Crippen molar-refractivity contribution in [2.24, 2.45) is 0 Å². The Morgan fingerprint density at radius 1 is 1.28 bits per heavy atom. The van der Waals surface area contributed by atoms with Crippen LogP contribution in [0, 0.1) is 0 Å². The van der Waals surface area contributed by atoms with Gasteiger partial charge in [0, 0.05) is 9.77 Å². The second kappa shape index (κ2) is 8.54. The molecule has 0 bridgehead atoms. The number of fused-ring (bicyclic) bond motifs is 1. The first-order valence-electron chi connectivity index (χ1n) is 8.36. The second-order valence-corrected chi connectivity index (χ2v) is 8.08. The zero-order valence-corrected chi connectivity index (χ0v) is 15.8. The number of esters is 1. The van der Waals surface area contributed by atoms with Gasteiger partial charge in [-0.3, -0.25) is 9.59 Å². The summed E-state index contributed by atoms with van der Waals surface area (Å²) in [5.74, 6) is -0.435. The van der Waals surface area contributed by atoms with Crippen LogP contribution in [0.1, 0.15) is 29.3 Å². The largest absolute Gasteiger partial charge is 0.452 e. The number of thiophene rings is 1. The number of hydrogen-bond acceptors (Lipinski definition) is 5. The van der Waals surface area contributed by atoms with Crippen LogP contribution in [0.4, 0.5) is 0 Å². The SMILES string of the molecule is C[C@H](OC(=O)CSc1ccc2c(c1)CCC2)C(=O)NCc1cccs1. The molecule has 1 aromatic carbocycles. The lowest BCUT2D eigenvalue weighted by atomic mass is 10.1. The Bertz CT molecular complexity index is 743. The number of nitrogens with one attached hydrogen (secondary N) is 1. The van der Waals surface area contributed by atoms with Crippen molar-refractivity contribution in [2.75, 3.05) is 5.75 Å². The molecule has 1 heterocycles. The van der Waals surface area contributed by atoms with Crippen molar-refractivity contribution < 1.29 is 14.3 Å². The second-order valence-electron chi connectivity index (χ2n) is 6.00. The predicted octanol–water partition coefficient (Wildman–Crippen LogP) is 3.58. The van der Waals surface area contributed by atoms with Gasteiger partial charge < -0.3 is 10.1 Å². The molecule has 6 heteroatoms. The Hall–Kier alpha value is -1.79. The summed E-state index contributed by atoms with van der Waals surface area (Å²) >= 11 is 3.03. The molecule has 1 aliphatic carbocycles. The molecule has 25 heavy (non-hydrogen) atoms. The van der Waals surface area contributed by atoms with Gasteiger partial charge in [0.2, 0.25) is 0 Å². The van der Waals surface area contributed by atoms with Crippen LogP contribution in [0.5, 0.6) is 0 Å². The van der Waals surface area contributed by atoms with Crippen molar-refractivity contribution in [3.8, 4) is 0 Å². The summed E-state index contributed by atoms with van der Waals surface area (Å²) in [5.41, 5.74) is 2.81. The quantitative estimate of drug-likeness (QED) is 0.594. The van der Waals surface area contributed by atoms with E-state index in [4.69, 9.17) is 4.74 Å². The number of ether oxygens (including phenoxy) is 1. The summed E-state index contributed by atoms with van der Waals surface area (Å²) < 4.78 is 5.23. The topological polar surface area (TPSA) is 55.4 Å². The summed E-state index contributed by atoms with van der Waals surface area (Å²) in [7, 11) is 0. The van der Waals surface area contributed by atoms with Gasteiger partial charge in [0.05, 0.1) is 12.3 Å². The number of rotatable bonds is 7. The maximum absolute atomic E-state index is 12.0. The molecule has 1 N–H and O–H groups in total. The number of carbonyl (C=O) groups excluding carboxylic acids is 2. The molecule has 0 fully saturated rings. The molecule has 0 unspecified atom stereocenters. The molecule has 4 nitrogen and oxygen atoms in total. The van der Waals surface area contributed by atoms with Gasteiger partial charge in [-0.15, -0.1) is 23.1 Å². The predicted molar refractivity (Wildman–Crippen MR) is 101 cm³/mol. The van der Waals surface area contributed by atoms with Crippen molar-refractivity contribution >= 4 is 35.0 Å². The summed E-state index contributed by atoms with van der Waals surface area (Å²) in [6.45, 7) is 2.06. The molecule has 0 radical (unpaired) electrons. The highest BCUT2D eigenvalue weighted by Gasteiger charge is 2.18. The van der Waals surface area contributed by atoms with E-state index < -0.39 is 6.10 Å². The first-order chi connectivity index (χ1) is 12.1. The van der Waals surface area contributed by atoms with E-state index in [0.717, 1.165) is 22.6 Å². The standard InChI is InChI=1S/C19H21NO3S2/c1-13(19(22)20-11-17-6-3-9-24-17)23-18(21)12-25-16-8-7-14-4-2-5-15(14)10-16/h3,6-10,13H,2,4-5,11-12H2,1H3,(H,20,22)/t13-/m0/s1. The van der Waals surface area contributed by atoms with Crippen molar-refractivity contribution in [3.63, 3.8) is 0 Å². The van der Waals surface area contributed by atoms with E-state index >= 15 is 0 Å². The lowest BCUT2D eigenvalue weighted by Gasteiger charge is -2.13. The average Bonchev–Trinajstić information content (AvgIpc) is 3.28. The van der Waals surface area contributed by atoms with Gasteiger partial charge in [0.15, 0.2) is 6.10 Å². The third-order valence-corrected chi connectivity index (χ3v) is 5.96. The maximum atomic E-state index is 12.0.